The molecule has 0 radical (unpaired) electrons. The van der Waals surface area contributed by atoms with Crippen molar-refractivity contribution in [2.75, 3.05) is 18.4 Å². The van der Waals surface area contributed by atoms with Crippen molar-refractivity contribution in [3.63, 3.8) is 0 Å². The molecule has 1 atom stereocenters. The maximum absolute atomic E-state index is 13.9. The molecule has 2 aliphatic rings. The minimum atomic E-state index is -4.47. The summed E-state index contributed by atoms with van der Waals surface area (Å²) in [5, 5.41) is 4.58. The van der Waals surface area contributed by atoms with Crippen LogP contribution in [0.4, 0.5) is 23.4 Å². The molecule has 170 valence electrons. The normalized spacial score (nSPS) is 19.1. The maximum Gasteiger partial charge on any atom is 0.408 e. The summed E-state index contributed by atoms with van der Waals surface area (Å²) in [7, 11) is 0. The Balaban J connectivity index is 1.32. The maximum atomic E-state index is 13.9. The fourth-order valence-electron chi connectivity index (χ4n) is 4.98. The number of nitrogens with one attached hydrogen (secondary N) is 1. The van der Waals surface area contributed by atoms with Gasteiger partial charge in [-0.05, 0) is 61.8 Å². The Kier molecular flexibility index (Phi) is 5.79. The van der Waals surface area contributed by atoms with Gasteiger partial charge in [0.25, 0.3) is 0 Å². The van der Waals surface area contributed by atoms with E-state index in [1.54, 1.807) is 17.7 Å². The van der Waals surface area contributed by atoms with Gasteiger partial charge in [-0.2, -0.15) is 13.2 Å². The number of piperidine rings is 1. The molecule has 1 fully saturated rings. The molecule has 1 unspecified atom stereocenters. The van der Waals surface area contributed by atoms with E-state index in [1.807, 2.05) is 0 Å². The van der Waals surface area contributed by atoms with Crippen molar-refractivity contribution in [1.82, 2.24) is 14.9 Å². The van der Waals surface area contributed by atoms with Gasteiger partial charge in [0.2, 0.25) is 0 Å². The van der Waals surface area contributed by atoms with Crippen molar-refractivity contribution in [3.05, 3.63) is 52.4 Å². The van der Waals surface area contributed by atoms with Gasteiger partial charge in [0.05, 0.1) is 5.39 Å². The summed E-state index contributed by atoms with van der Waals surface area (Å²) in [6.07, 6.45) is 2.65. The quantitative estimate of drug-likeness (QED) is 0.489. The molecule has 5 rings (SSSR count). The highest BCUT2D eigenvalue weighted by Crippen LogP contribution is 2.41. The van der Waals surface area contributed by atoms with E-state index >= 15 is 0 Å². The highest BCUT2D eigenvalue weighted by molar-refractivity contribution is 7.19. The molecular formula is C23H24F4N4S. The van der Waals surface area contributed by atoms with Gasteiger partial charge >= 0.3 is 6.18 Å². The summed E-state index contributed by atoms with van der Waals surface area (Å²) in [5.74, 6) is 0.144. The first-order valence-corrected chi connectivity index (χ1v) is 11.8. The average molecular weight is 465 g/mol. The average Bonchev–Trinajstić information content (AvgIpc) is 3.14. The Hall–Kier alpha value is -2.26. The molecule has 1 saturated heterocycles. The second-order valence-electron chi connectivity index (χ2n) is 8.57. The number of rotatable bonds is 4. The zero-order chi connectivity index (χ0) is 22.3. The lowest BCUT2D eigenvalue weighted by Gasteiger charge is -2.38. The zero-order valence-corrected chi connectivity index (χ0v) is 18.3. The number of thiophene rings is 1. The van der Waals surface area contributed by atoms with Crippen LogP contribution in [0.25, 0.3) is 10.2 Å². The van der Waals surface area contributed by atoms with Crippen LogP contribution in [0, 0.1) is 5.82 Å². The molecule has 0 amide bonds. The minimum absolute atomic E-state index is 0.0323. The van der Waals surface area contributed by atoms with Gasteiger partial charge in [-0.3, -0.25) is 4.90 Å². The molecule has 1 aromatic carbocycles. The molecule has 3 aromatic rings. The van der Waals surface area contributed by atoms with Gasteiger partial charge in [-0.15, -0.1) is 11.3 Å². The van der Waals surface area contributed by atoms with Gasteiger partial charge in [0.15, 0.2) is 0 Å². The molecule has 32 heavy (non-hydrogen) atoms. The van der Waals surface area contributed by atoms with E-state index < -0.39 is 18.0 Å². The van der Waals surface area contributed by atoms with Crippen LogP contribution < -0.4 is 5.32 Å². The second kappa shape index (κ2) is 8.59. The molecule has 1 aliphatic heterocycles. The van der Waals surface area contributed by atoms with Crippen LogP contribution in [0.3, 0.4) is 0 Å². The van der Waals surface area contributed by atoms with Crippen molar-refractivity contribution >= 4 is 27.4 Å². The van der Waals surface area contributed by atoms with E-state index in [-0.39, 0.29) is 24.7 Å². The third-order valence-electron chi connectivity index (χ3n) is 6.46. The smallest absolute Gasteiger partial charge is 0.367 e. The molecule has 3 heterocycles. The van der Waals surface area contributed by atoms with Crippen LogP contribution in [-0.4, -0.2) is 40.2 Å². The van der Waals surface area contributed by atoms with Crippen LogP contribution in [0.5, 0.6) is 0 Å². The number of fused-ring (bicyclic) bond motifs is 3. The SMILES string of the molecule is Fc1cccc(C(N2CCC(Nc3ncnc4sc5c(c34)CCCC5)CC2)C(F)(F)F)c1. The van der Waals surface area contributed by atoms with Crippen LogP contribution in [-0.2, 0) is 12.8 Å². The predicted octanol–water partition coefficient (Wildman–Crippen LogP) is 5.89. The number of alkyl halides is 3. The number of hydrogen-bond acceptors (Lipinski definition) is 5. The van der Waals surface area contributed by atoms with Crippen molar-refractivity contribution in [1.29, 1.82) is 0 Å². The molecule has 9 heteroatoms. The van der Waals surface area contributed by atoms with Crippen molar-refractivity contribution in [2.24, 2.45) is 0 Å². The first kappa shape index (κ1) is 21.6. The topological polar surface area (TPSA) is 41.0 Å². The predicted molar refractivity (Wildman–Crippen MR) is 117 cm³/mol. The summed E-state index contributed by atoms with van der Waals surface area (Å²) in [6, 6.07) is 3.07. The van der Waals surface area contributed by atoms with Gasteiger partial charge in [-0.25, -0.2) is 14.4 Å². The standard InChI is InChI=1S/C23H24F4N4S/c24-15-5-3-4-14(12-15)20(23(25,26)27)31-10-8-16(9-11-31)30-21-19-17-6-1-2-7-18(17)32-22(19)29-13-28-21/h3-5,12-13,16,20H,1-2,6-11H2,(H,28,29,30). The van der Waals surface area contributed by atoms with Gasteiger partial charge < -0.3 is 5.32 Å². The molecule has 4 nitrogen and oxygen atoms in total. The third kappa shape index (κ3) is 4.20. The van der Waals surface area contributed by atoms with Crippen molar-refractivity contribution < 1.29 is 17.6 Å². The number of aromatic nitrogens is 2. The Bertz CT molecular complexity index is 1110. The van der Waals surface area contributed by atoms with Gasteiger partial charge in [0, 0.05) is 24.0 Å². The van der Waals surface area contributed by atoms with E-state index in [0.717, 1.165) is 41.4 Å². The number of aryl methyl sites for hydroxylation is 2. The monoisotopic (exact) mass is 464 g/mol. The lowest BCUT2D eigenvalue weighted by molar-refractivity contribution is -0.189. The van der Waals surface area contributed by atoms with Crippen LogP contribution in [0.2, 0.25) is 0 Å². The number of hydrogen-bond donors (Lipinski definition) is 1. The fraction of sp³-hybridized carbons (Fsp3) is 0.478. The van der Waals surface area contributed by atoms with E-state index in [1.165, 1.54) is 40.0 Å². The number of benzene rings is 1. The molecule has 1 aliphatic carbocycles. The van der Waals surface area contributed by atoms with Gasteiger partial charge in [0.1, 0.15) is 28.8 Å². The molecule has 0 spiro atoms. The minimum Gasteiger partial charge on any atom is -0.367 e. The van der Waals surface area contributed by atoms with Crippen molar-refractivity contribution in [2.45, 2.75) is 56.8 Å². The summed E-state index contributed by atoms with van der Waals surface area (Å²) in [6.45, 7) is 0.544. The Morgan fingerprint density at radius 2 is 1.88 bits per heavy atom. The van der Waals surface area contributed by atoms with E-state index in [0.29, 0.717) is 12.8 Å². The van der Waals surface area contributed by atoms with Crippen molar-refractivity contribution in [3.8, 4) is 0 Å². The summed E-state index contributed by atoms with van der Waals surface area (Å²) < 4.78 is 55.2. The number of halogens is 4. The zero-order valence-electron chi connectivity index (χ0n) is 17.5. The summed E-state index contributed by atoms with van der Waals surface area (Å²) >= 11 is 1.73. The molecule has 0 bridgehead atoms. The van der Waals surface area contributed by atoms with Crippen LogP contribution >= 0.6 is 11.3 Å². The molecule has 1 N–H and O–H groups in total. The lowest BCUT2D eigenvalue weighted by Crippen LogP contribution is -2.45. The van der Waals surface area contributed by atoms with E-state index in [4.69, 9.17) is 0 Å². The first-order chi connectivity index (χ1) is 15.4. The largest absolute Gasteiger partial charge is 0.408 e. The van der Waals surface area contributed by atoms with Crippen LogP contribution in [0.1, 0.15) is 47.7 Å². The number of anilines is 1. The van der Waals surface area contributed by atoms with Gasteiger partial charge in [-0.1, -0.05) is 12.1 Å². The van der Waals surface area contributed by atoms with Crippen LogP contribution in [0.15, 0.2) is 30.6 Å². The Labute approximate surface area is 187 Å². The Morgan fingerprint density at radius 3 is 2.62 bits per heavy atom. The first-order valence-electron chi connectivity index (χ1n) is 11.0. The van der Waals surface area contributed by atoms with E-state index in [9.17, 15) is 17.6 Å². The molecular weight excluding hydrogens is 440 g/mol. The summed E-state index contributed by atoms with van der Waals surface area (Å²) in [5.41, 5.74) is 1.28. The third-order valence-corrected chi connectivity index (χ3v) is 7.66. The summed E-state index contributed by atoms with van der Waals surface area (Å²) in [4.78, 5) is 12.7. The highest BCUT2D eigenvalue weighted by Gasteiger charge is 2.45. The fourth-order valence-corrected chi connectivity index (χ4v) is 6.21. The lowest BCUT2D eigenvalue weighted by atomic mass is 9.96. The molecule has 2 aromatic heterocycles. The number of nitrogens with zero attached hydrogens (tertiary/aromatic N) is 3. The number of likely N-dealkylation sites (tertiary alicyclic amines) is 1. The Morgan fingerprint density at radius 1 is 1.09 bits per heavy atom. The highest BCUT2D eigenvalue weighted by atomic mass is 32.1. The molecule has 0 saturated carbocycles. The second-order valence-corrected chi connectivity index (χ2v) is 9.65. The van der Waals surface area contributed by atoms with E-state index in [2.05, 4.69) is 15.3 Å².